The zero-order chi connectivity index (χ0) is 21.6. The third kappa shape index (κ3) is 19.7. The van der Waals surface area contributed by atoms with Gasteiger partial charge in [0.05, 0.1) is 6.67 Å². The Labute approximate surface area is 190 Å². The van der Waals surface area contributed by atoms with E-state index in [9.17, 15) is 4.39 Å². The molecule has 0 bridgehead atoms. The molecule has 2 heterocycles. The van der Waals surface area contributed by atoms with Crippen LogP contribution in [0.4, 0.5) is 4.39 Å². The molecule has 2 aliphatic rings. The average Bonchev–Trinajstić information content (AvgIpc) is 2.70. The normalized spacial score (nSPS) is 25.3. The number of rotatable bonds is 9. The highest BCUT2D eigenvalue weighted by Crippen LogP contribution is 2.08. The van der Waals surface area contributed by atoms with Crippen LogP contribution in [0.2, 0.25) is 12.6 Å². The summed E-state index contributed by atoms with van der Waals surface area (Å²) in [7, 11) is -7.76. The fraction of sp³-hybridized carbons (Fsp3) is 1.00. The van der Waals surface area contributed by atoms with Crippen LogP contribution in [0.15, 0.2) is 0 Å². The lowest BCUT2D eigenvalue weighted by Gasteiger charge is -2.23. The molecule has 2 fully saturated rings. The molecule has 0 N–H and O–H groups in total. The molecule has 0 saturated carbocycles. The van der Waals surface area contributed by atoms with E-state index in [1.807, 2.05) is 27.3 Å². The second-order valence-corrected chi connectivity index (χ2v) is 21.8. The predicted molar refractivity (Wildman–Crippen MR) is 128 cm³/mol. The summed E-state index contributed by atoms with van der Waals surface area (Å²) >= 11 is 0. The zero-order valence-corrected chi connectivity index (χ0v) is 28.7. The van der Waals surface area contributed by atoms with Crippen molar-refractivity contribution >= 4 is 78.1 Å². The molecule has 0 aromatic heterocycles. The van der Waals surface area contributed by atoms with Crippen LogP contribution in [0.1, 0.15) is 27.2 Å². The van der Waals surface area contributed by atoms with Gasteiger partial charge in [-0.05, 0) is 33.2 Å². The molecule has 0 aromatic carbocycles. The first kappa shape index (κ1) is 30.3. The fourth-order valence-corrected chi connectivity index (χ4v) is 18.1. The summed E-state index contributed by atoms with van der Waals surface area (Å²) in [5.74, 6) is 0. The minimum atomic E-state index is -2.25. The van der Waals surface area contributed by atoms with E-state index in [4.69, 9.17) is 42.1 Å². The molecule has 0 aliphatic carbocycles. The maximum absolute atomic E-state index is 11.8. The van der Waals surface area contributed by atoms with E-state index in [1.165, 1.54) is 0 Å². The van der Waals surface area contributed by atoms with Gasteiger partial charge in [0.15, 0.2) is 0 Å². The minimum Gasteiger partial charge on any atom is -0.425 e. The van der Waals surface area contributed by atoms with Crippen molar-refractivity contribution in [1.29, 1.82) is 0 Å². The summed E-state index contributed by atoms with van der Waals surface area (Å²) in [4.78, 5) is 0. The predicted octanol–water partition coefficient (Wildman–Crippen LogP) is -3.65. The smallest absolute Gasteiger partial charge is 0.425 e. The van der Waals surface area contributed by atoms with Gasteiger partial charge in [0.1, 0.15) is 0 Å². The maximum atomic E-state index is 11.8. The Hall–Kier alpha value is 1.27. The number of hydrogen-bond donors (Lipinski definition) is 0. The van der Waals surface area contributed by atoms with Gasteiger partial charge in [-0.2, -0.15) is 0 Å². The molecular formula is C10H37FO10Si8. The first-order chi connectivity index (χ1) is 14.1. The summed E-state index contributed by atoms with van der Waals surface area (Å²) in [6.07, 6.45) is 0.553. The summed E-state index contributed by atoms with van der Waals surface area (Å²) in [5.41, 5.74) is 0. The van der Waals surface area contributed by atoms with Crippen LogP contribution in [-0.4, -0.2) is 105 Å². The van der Waals surface area contributed by atoms with Crippen molar-refractivity contribution < 1.29 is 46.5 Å². The van der Waals surface area contributed by atoms with E-state index in [-0.39, 0.29) is 6.67 Å². The zero-order valence-electron chi connectivity index (χ0n) is 18.0. The van der Waals surface area contributed by atoms with Gasteiger partial charge in [-0.1, -0.05) is 0 Å². The van der Waals surface area contributed by atoms with E-state index in [0.29, 0.717) is 26.2 Å². The molecule has 0 aromatic rings. The number of hydrogen-bond acceptors (Lipinski definition) is 10. The Morgan fingerprint density at radius 1 is 0.724 bits per heavy atom. The summed E-state index contributed by atoms with van der Waals surface area (Å²) in [5, 5.41) is 0. The highest BCUT2D eigenvalue weighted by molar-refractivity contribution is 6.60. The van der Waals surface area contributed by atoms with Crippen LogP contribution in [-0.2, 0) is 42.1 Å². The van der Waals surface area contributed by atoms with Crippen LogP contribution < -0.4 is 0 Å². The van der Waals surface area contributed by atoms with E-state index < -0.39 is 78.1 Å². The molecule has 0 spiro atoms. The Morgan fingerprint density at radius 3 is 1.41 bits per heavy atom. The average molecular weight is 561 g/mol. The van der Waals surface area contributed by atoms with Crippen LogP contribution in [0, 0.1) is 0 Å². The lowest BCUT2D eigenvalue weighted by Crippen LogP contribution is -2.42. The molecule has 176 valence electrons. The van der Waals surface area contributed by atoms with Crippen LogP contribution in [0.25, 0.3) is 0 Å². The van der Waals surface area contributed by atoms with Gasteiger partial charge in [0.25, 0.3) is 60.0 Å². The van der Waals surface area contributed by atoms with E-state index in [1.54, 1.807) is 0 Å². The van der Waals surface area contributed by atoms with Crippen molar-refractivity contribution in [1.82, 2.24) is 0 Å². The highest BCUT2D eigenvalue weighted by atomic mass is 28.4. The molecule has 0 radical (unpaired) electrons. The van der Waals surface area contributed by atoms with Crippen molar-refractivity contribution in [3.05, 3.63) is 0 Å². The van der Waals surface area contributed by atoms with E-state index >= 15 is 0 Å². The molecule has 19 heteroatoms. The van der Waals surface area contributed by atoms with Gasteiger partial charge in [-0.3, -0.25) is 4.39 Å². The summed E-state index contributed by atoms with van der Waals surface area (Å²) in [6.45, 7) is 9.45. The molecule has 2 aliphatic heterocycles. The quantitative estimate of drug-likeness (QED) is 0.263. The molecular weight excluding hydrogens is 524 g/mol. The third-order valence-electron chi connectivity index (χ3n) is 3.13. The second-order valence-electron chi connectivity index (χ2n) is 5.48. The summed E-state index contributed by atoms with van der Waals surface area (Å²) < 4.78 is 64.1. The van der Waals surface area contributed by atoms with Gasteiger partial charge >= 0.3 is 18.1 Å². The Morgan fingerprint density at radius 2 is 1.10 bits per heavy atom. The molecule has 0 unspecified atom stereocenters. The largest absolute Gasteiger partial charge is 0.497 e. The SMILES string of the molecule is CCO[Si](C)(OCC)OCC.FCCC[SiH]1O[SiH2]O[SiH2]O[SiH2]O1.O1[SiH2]O[SiH2]O[SiH2]1. The topological polar surface area (TPSA) is 92.3 Å². The van der Waals surface area contributed by atoms with Gasteiger partial charge in [-0.15, -0.1) is 0 Å². The second kappa shape index (κ2) is 22.5. The lowest BCUT2D eigenvalue weighted by atomic mass is 10.6. The van der Waals surface area contributed by atoms with Crippen molar-refractivity contribution in [3.8, 4) is 0 Å². The molecule has 0 amide bonds. The maximum Gasteiger partial charge on any atom is 0.497 e. The monoisotopic (exact) mass is 560 g/mol. The number of halogens is 1. The van der Waals surface area contributed by atoms with Crippen LogP contribution in [0.3, 0.4) is 0 Å². The molecule has 0 atom stereocenters. The van der Waals surface area contributed by atoms with Gasteiger partial charge in [0.2, 0.25) is 0 Å². The highest BCUT2D eigenvalue weighted by Gasteiger charge is 2.32. The Kier molecular flexibility index (Phi) is 23.4. The van der Waals surface area contributed by atoms with Crippen molar-refractivity contribution in [2.45, 2.75) is 39.8 Å². The van der Waals surface area contributed by atoms with Gasteiger partial charge < -0.3 is 42.1 Å². The standard InChI is InChI=1S/C7H18O3Si.C3H13FO4Si4.H6O3Si3/c1-5-8-11(4,9-6-2)10-7-3;4-2-1-3-12-7-10-5-9-6-11-8-12;1-4-2-6-3-5-1/h5-7H2,1-4H3;12H,1-3,9-11H2;4-6H2. The fourth-order valence-electron chi connectivity index (χ4n) is 2.02. The first-order valence-electron chi connectivity index (χ1n) is 9.71. The Balaban J connectivity index is 0.000000426. The van der Waals surface area contributed by atoms with Crippen LogP contribution in [0.5, 0.6) is 0 Å². The molecule has 29 heavy (non-hydrogen) atoms. The third-order valence-corrected chi connectivity index (χ3v) is 17.2. The van der Waals surface area contributed by atoms with Crippen molar-refractivity contribution in [2.24, 2.45) is 0 Å². The lowest BCUT2D eigenvalue weighted by molar-refractivity contribution is 0.0783. The first-order valence-corrected chi connectivity index (χ1v) is 20.6. The van der Waals surface area contributed by atoms with Crippen molar-refractivity contribution in [2.75, 3.05) is 26.5 Å². The van der Waals surface area contributed by atoms with E-state index in [2.05, 4.69) is 0 Å². The number of alkyl halides is 1. The Bertz CT molecular complexity index is 312. The van der Waals surface area contributed by atoms with Crippen molar-refractivity contribution in [3.63, 3.8) is 0 Å². The molecule has 10 nitrogen and oxygen atoms in total. The molecule has 2 rings (SSSR count). The van der Waals surface area contributed by atoms with Gasteiger partial charge in [-0.25, -0.2) is 0 Å². The van der Waals surface area contributed by atoms with Gasteiger partial charge in [0, 0.05) is 26.4 Å². The van der Waals surface area contributed by atoms with E-state index in [0.717, 1.165) is 6.04 Å². The molecule has 2 saturated heterocycles. The minimum absolute atomic E-state index is 0.282. The summed E-state index contributed by atoms with van der Waals surface area (Å²) in [6, 6.07) is 0.755. The van der Waals surface area contributed by atoms with Crippen LogP contribution >= 0.6 is 0 Å².